The third kappa shape index (κ3) is 18.9. The number of halogens is 2. The van der Waals surface area contributed by atoms with E-state index in [0.29, 0.717) is 0 Å². The highest BCUT2D eigenvalue weighted by molar-refractivity contribution is 7.66. The van der Waals surface area contributed by atoms with E-state index in [1.165, 1.54) is 129 Å². The molecular formula is C36H88BrClN8P2. The molecule has 0 aromatic heterocycles. The molecule has 48 heavy (non-hydrogen) atoms. The third-order valence-corrected chi connectivity index (χ3v) is 17.8. The van der Waals surface area contributed by atoms with Crippen molar-refractivity contribution in [1.82, 2.24) is 37.4 Å². The van der Waals surface area contributed by atoms with Crippen LogP contribution in [0.1, 0.15) is 130 Å². The van der Waals surface area contributed by atoms with Gasteiger partial charge in [0.05, 0.1) is 0 Å². The van der Waals surface area contributed by atoms with Gasteiger partial charge in [0.1, 0.15) is 0 Å². The maximum Gasteiger partial charge on any atom is 0.307 e. The molecule has 0 aliphatic heterocycles. The first-order valence-corrected chi connectivity index (χ1v) is 22.3. The SMILES string of the molecule is CCCCCCN(CCCCCC)[P+](N(C)C)(N(C)C)N(C)C.CCCCCCN(CCCCCC)[P+](N(C)C)(N(C)C)N(C)C.[Br-].[Cl-]. The molecule has 0 radical (unpaired) electrons. The summed E-state index contributed by atoms with van der Waals surface area (Å²) >= 11 is 0. The van der Waals surface area contributed by atoms with Crippen molar-refractivity contribution in [2.24, 2.45) is 0 Å². The topological polar surface area (TPSA) is 25.9 Å². The van der Waals surface area contributed by atoms with Crippen LogP contribution in [0.3, 0.4) is 0 Å². The Morgan fingerprint density at radius 2 is 0.458 bits per heavy atom. The average molecular weight is 810 g/mol. The monoisotopic (exact) mass is 809 g/mol. The first-order valence-electron chi connectivity index (χ1n) is 19.1. The van der Waals surface area contributed by atoms with Gasteiger partial charge in [-0.1, -0.05) is 105 Å². The highest BCUT2D eigenvalue weighted by Crippen LogP contribution is 2.67. The van der Waals surface area contributed by atoms with E-state index in [1.807, 2.05) is 0 Å². The molecule has 0 spiro atoms. The van der Waals surface area contributed by atoms with Gasteiger partial charge in [0, 0.05) is 111 Å². The van der Waals surface area contributed by atoms with Crippen LogP contribution < -0.4 is 29.4 Å². The Bertz CT molecular complexity index is 567. The van der Waals surface area contributed by atoms with Crippen LogP contribution in [-0.2, 0) is 0 Å². The van der Waals surface area contributed by atoms with Crippen molar-refractivity contribution >= 4 is 15.7 Å². The molecular weight excluding hydrogens is 722 g/mol. The van der Waals surface area contributed by atoms with Crippen molar-refractivity contribution in [3.05, 3.63) is 0 Å². The molecule has 0 unspecified atom stereocenters. The largest absolute Gasteiger partial charge is 1.00 e. The van der Waals surface area contributed by atoms with E-state index >= 15 is 0 Å². The maximum atomic E-state index is 2.79. The Morgan fingerprint density at radius 3 is 0.583 bits per heavy atom. The lowest BCUT2D eigenvalue weighted by molar-refractivity contribution is -0.001000. The van der Waals surface area contributed by atoms with Crippen LogP contribution in [0, 0.1) is 0 Å². The Morgan fingerprint density at radius 1 is 0.292 bits per heavy atom. The van der Waals surface area contributed by atoms with Crippen molar-refractivity contribution in [3.63, 3.8) is 0 Å². The zero-order valence-corrected chi connectivity index (χ0v) is 39.5. The van der Waals surface area contributed by atoms with Crippen LogP contribution in [0.15, 0.2) is 0 Å². The fourth-order valence-electron chi connectivity index (χ4n) is 7.31. The lowest BCUT2D eigenvalue weighted by Gasteiger charge is -2.45. The second-order valence-corrected chi connectivity index (χ2v) is 22.4. The fourth-order valence-corrected chi connectivity index (χ4v) is 16.3. The van der Waals surface area contributed by atoms with Gasteiger partial charge in [-0.2, -0.15) is 0 Å². The summed E-state index contributed by atoms with van der Waals surface area (Å²) in [7, 11) is 23.8. The van der Waals surface area contributed by atoms with Crippen molar-refractivity contribution in [2.45, 2.75) is 130 Å². The summed E-state index contributed by atoms with van der Waals surface area (Å²) in [5, 5.41) is 0. The maximum absolute atomic E-state index is 2.79. The van der Waals surface area contributed by atoms with Gasteiger partial charge in [-0.15, -0.1) is 37.4 Å². The zero-order chi connectivity index (χ0) is 35.8. The minimum atomic E-state index is -1.59. The van der Waals surface area contributed by atoms with Crippen molar-refractivity contribution in [1.29, 1.82) is 0 Å². The van der Waals surface area contributed by atoms with E-state index in [9.17, 15) is 0 Å². The lowest BCUT2D eigenvalue weighted by Crippen LogP contribution is -3.00. The molecule has 0 saturated carbocycles. The van der Waals surface area contributed by atoms with E-state index in [1.54, 1.807) is 0 Å². The van der Waals surface area contributed by atoms with Crippen LogP contribution in [-0.4, -0.2) is 148 Å². The summed E-state index contributed by atoms with van der Waals surface area (Å²) in [5.41, 5.74) is 0. The number of hydrogen-bond donors (Lipinski definition) is 0. The molecule has 0 atom stereocenters. The molecule has 0 saturated heterocycles. The molecule has 0 aromatic rings. The van der Waals surface area contributed by atoms with Gasteiger partial charge < -0.3 is 29.4 Å². The molecule has 0 amide bonds. The Labute approximate surface area is 322 Å². The van der Waals surface area contributed by atoms with Gasteiger partial charge in [0.25, 0.3) is 0 Å². The highest BCUT2D eigenvalue weighted by atomic mass is 79.9. The zero-order valence-electron chi connectivity index (χ0n) is 35.4. The van der Waals surface area contributed by atoms with Crippen molar-refractivity contribution in [2.75, 3.05) is 111 Å². The van der Waals surface area contributed by atoms with Crippen molar-refractivity contribution < 1.29 is 29.4 Å². The third-order valence-electron chi connectivity index (χ3n) is 9.06. The molecule has 0 aromatic carbocycles. The van der Waals surface area contributed by atoms with Crippen LogP contribution in [0.5, 0.6) is 0 Å². The molecule has 8 nitrogen and oxygen atoms in total. The summed E-state index contributed by atoms with van der Waals surface area (Å²) in [6.07, 6.45) is 21.4. The molecule has 0 aliphatic rings. The van der Waals surface area contributed by atoms with Gasteiger partial charge in [0.2, 0.25) is 0 Å². The van der Waals surface area contributed by atoms with Gasteiger partial charge >= 0.3 is 15.7 Å². The minimum absolute atomic E-state index is 0. The predicted octanol–water partition coefficient (Wildman–Crippen LogP) is 3.63. The number of hydrogen-bond acceptors (Lipinski definition) is 8. The highest BCUT2D eigenvalue weighted by Gasteiger charge is 2.54. The standard InChI is InChI=1S/2C18H44N4P.BrH.ClH/c2*1-9-11-13-15-17-22(18-16-14-12-10-2)23(19(3)4,20(5)6)21(7)8;;/h2*9-18H2,1-8H3;2*1H/q2*+1;;/p-2. The van der Waals surface area contributed by atoms with E-state index in [4.69, 9.17) is 0 Å². The Balaban J connectivity index is -0.000000387. The first kappa shape index (κ1) is 56.1. The molecule has 296 valence electrons. The van der Waals surface area contributed by atoms with E-state index in [0.717, 1.165) is 0 Å². The van der Waals surface area contributed by atoms with Crippen LogP contribution >= 0.6 is 15.7 Å². The molecule has 0 heterocycles. The predicted molar refractivity (Wildman–Crippen MR) is 216 cm³/mol. The smallest absolute Gasteiger partial charge is 0.307 e. The molecule has 0 rings (SSSR count). The second kappa shape index (κ2) is 32.9. The lowest BCUT2D eigenvalue weighted by atomic mass is 10.2. The molecule has 0 fully saturated rings. The van der Waals surface area contributed by atoms with E-state index < -0.39 is 15.7 Å². The van der Waals surface area contributed by atoms with Crippen molar-refractivity contribution in [3.8, 4) is 0 Å². The van der Waals surface area contributed by atoms with Gasteiger partial charge in [-0.3, -0.25) is 0 Å². The quantitative estimate of drug-likeness (QED) is 0.0875. The summed E-state index contributed by atoms with van der Waals surface area (Å²) in [4.78, 5) is 0. The summed E-state index contributed by atoms with van der Waals surface area (Å²) < 4.78 is 20.4. The van der Waals surface area contributed by atoms with Gasteiger partial charge in [-0.25, -0.2) is 0 Å². The van der Waals surface area contributed by atoms with E-state index in [-0.39, 0.29) is 29.4 Å². The first-order chi connectivity index (χ1) is 21.7. The molecule has 0 aliphatic carbocycles. The molecule has 0 bridgehead atoms. The average Bonchev–Trinajstić information content (AvgIpc) is 2.96. The van der Waals surface area contributed by atoms with Crippen LogP contribution in [0.25, 0.3) is 0 Å². The number of rotatable bonds is 28. The minimum Gasteiger partial charge on any atom is -1.00 e. The summed E-state index contributed by atoms with van der Waals surface area (Å²) in [6.45, 7) is 14.0. The normalized spacial score (nSPS) is 12.5. The van der Waals surface area contributed by atoms with Crippen LogP contribution in [0.2, 0.25) is 0 Å². The van der Waals surface area contributed by atoms with E-state index in [2.05, 4.69) is 150 Å². The fraction of sp³-hybridized carbons (Fsp3) is 1.00. The second-order valence-electron chi connectivity index (χ2n) is 14.3. The summed E-state index contributed by atoms with van der Waals surface area (Å²) in [5.74, 6) is 0. The summed E-state index contributed by atoms with van der Waals surface area (Å²) in [6, 6.07) is 0. The Kier molecular flexibility index (Phi) is 38.4. The number of nitrogens with zero attached hydrogens (tertiary/aromatic N) is 8. The molecule has 12 heteroatoms. The number of unbranched alkanes of at least 4 members (excludes halogenated alkanes) is 12. The van der Waals surface area contributed by atoms with Gasteiger partial charge in [-0.05, 0) is 25.7 Å². The van der Waals surface area contributed by atoms with Crippen LogP contribution in [0.4, 0.5) is 0 Å². The van der Waals surface area contributed by atoms with Gasteiger partial charge in [0.15, 0.2) is 0 Å². The Hall–Kier alpha value is 1.31. The molecule has 0 N–H and O–H groups in total.